The molecule has 0 heterocycles. The first-order valence-electron chi connectivity index (χ1n) is 6.54. The third-order valence-electron chi connectivity index (χ3n) is 2.86. The molecule has 1 aromatic carbocycles. The summed E-state index contributed by atoms with van der Waals surface area (Å²) in [4.78, 5) is 16.8. The van der Waals surface area contributed by atoms with Gasteiger partial charge in [-0.25, -0.2) is 10.7 Å². The van der Waals surface area contributed by atoms with Crippen LogP contribution < -0.4 is 11.2 Å². The standard InChI is InChI=1S/C15H24N2O3/c1-10-7-8-11(15(5,6)20-16)9-12(10)17-13(18)19-14(2,3)4/h7-9H,16H2,1-6H3,(H,17,18). The van der Waals surface area contributed by atoms with Gasteiger partial charge >= 0.3 is 6.09 Å². The van der Waals surface area contributed by atoms with Gasteiger partial charge in [0.25, 0.3) is 0 Å². The molecule has 0 unspecified atom stereocenters. The second-order valence-electron chi connectivity index (χ2n) is 6.28. The summed E-state index contributed by atoms with van der Waals surface area (Å²) < 4.78 is 5.24. The lowest BCUT2D eigenvalue weighted by atomic mass is 9.96. The number of hydrogen-bond donors (Lipinski definition) is 2. The van der Waals surface area contributed by atoms with Gasteiger partial charge in [0.15, 0.2) is 0 Å². The van der Waals surface area contributed by atoms with E-state index in [0.29, 0.717) is 5.69 Å². The molecule has 3 N–H and O–H groups in total. The Morgan fingerprint density at radius 1 is 1.20 bits per heavy atom. The van der Waals surface area contributed by atoms with Crippen molar-refractivity contribution in [2.75, 3.05) is 5.32 Å². The van der Waals surface area contributed by atoms with Crippen LogP contribution in [-0.2, 0) is 15.2 Å². The molecule has 0 spiro atoms. The maximum Gasteiger partial charge on any atom is 0.412 e. The molecule has 0 saturated carbocycles. The molecule has 5 nitrogen and oxygen atoms in total. The number of ether oxygens (including phenoxy) is 1. The first-order valence-corrected chi connectivity index (χ1v) is 6.54. The minimum absolute atomic E-state index is 0.482. The number of benzene rings is 1. The lowest BCUT2D eigenvalue weighted by Crippen LogP contribution is -2.28. The van der Waals surface area contributed by atoms with E-state index in [4.69, 9.17) is 15.5 Å². The van der Waals surface area contributed by atoms with Gasteiger partial charge in [0.05, 0.1) is 0 Å². The molecule has 0 aliphatic carbocycles. The Kier molecular flexibility index (Phi) is 4.78. The number of nitrogens with two attached hydrogens (primary N) is 1. The zero-order valence-electron chi connectivity index (χ0n) is 13.0. The van der Waals surface area contributed by atoms with Crippen LogP contribution in [0.3, 0.4) is 0 Å². The van der Waals surface area contributed by atoms with E-state index in [1.54, 1.807) is 0 Å². The summed E-state index contributed by atoms with van der Waals surface area (Å²) in [6.07, 6.45) is -0.482. The fraction of sp³-hybridized carbons (Fsp3) is 0.533. The van der Waals surface area contributed by atoms with Crippen molar-refractivity contribution >= 4 is 11.8 Å². The van der Waals surface area contributed by atoms with E-state index < -0.39 is 17.3 Å². The molecule has 20 heavy (non-hydrogen) atoms. The third kappa shape index (κ3) is 4.51. The van der Waals surface area contributed by atoms with Crippen LogP contribution in [0.1, 0.15) is 45.7 Å². The summed E-state index contributed by atoms with van der Waals surface area (Å²) in [5, 5.41) is 2.75. The second-order valence-corrected chi connectivity index (χ2v) is 6.28. The van der Waals surface area contributed by atoms with Gasteiger partial charge in [0, 0.05) is 5.69 Å². The van der Waals surface area contributed by atoms with Gasteiger partial charge in [0.2, 0.25) is 0 Å². The molecular weight excluding hydrogens is 256 g/mol. The smallest absolute Gasteiger partial charge is 0.412 e. The van der Waals surface area contributed by atoms with E-state index >= 15 is 0 Å². The van der Waals surface area contributed by atoms with E-state index in [1.165, 1.54) is 0 Å². The van der Waals surface area contributed by atoms with Crippen LogP contribution in [0.25, 0.3) is 0 Å². The van der Waals surface area contributed by atoms with Crippen LogP contribution in [0.2, 0.25) is 0 Å². The van der Waals surface area contributed by atoms with E-state index in [9.17, 15) is 4.79 Å². The normalized spacial score (nSPS) is 12.2. The average molecular weight is 280 g/mol. The first kappa shape index (κ1) is 16.5. The molecular formula is C15H24N2O3. The lowest BCUT2D eigenvalue weighted by molar-refractivity contribution is -0.0236. The summed E-state index contributed by atoms with van der Waals surface area (Å²) in [6.45, 7) is 11.1. The van der Waals surface area contributed by atoms with Gasteiger partial charge in [0.1, 0.15) is 11.2 Å². The van der Waals surface area contributed by atoms with Crippen LogP contribution in [0, 0.1) is 6.92 Å². The van der Waals surface area contributed by atoms with Crippen LogP contribution in [-0.4, -0.2) is 11.7 Å². The van der Waals surface area contributed by atoms with E-state index in [-0.39, 0.29) is 0 Å². The second kappa shape index (κ2) is 5.81. The molecule has 112 valence electrons. The Balaban J connectivity index is 2.96. The van der Waals surface area contributed by atoms with Gasteiger partial charge in [-0.2, -0.15) is 0 Å². The molecule has 0 bridgehead atoms. The van der Waals surface area contributed by atoms with Crippen molar-refractivity contribution in [1.82, 2.24) is 0 Å². The fourth-order valence-electron chi connectivity index (χ4n) is 1.61. The number of carbonyl (C=O) groups is 1. The van der Waals surface area contributed by atoms with Crippen molar-refractivity contribution < 1.29 is 14.4 Å². The molecule has 0 aromatic heterocycles. The highest BCUT2D eigenvalue weighted by molar-refractivity contribution is 5.86. The highest BCUT2D eigenvalue weighted by atomic mass is 16.6. The number of amides is 1. The molecule has 0 aliphatic rings. The van der Waals surface area contributed by atoms with E-state index in [0.717, 1.165) is 11.1 Å². The Hall–Kier alpha value is -1.59. The third-order valence-corrected chi connectivity index (χ3v) is 2.86. The number of hydrogen-bond acceptors (Lipinski definition) is 4. The Morgan fingerprint density at radius 2 is 1.80 bits per heavy atom. The molecule has 0 fully saturated rings. The average Bonchev–Trinajstić information content (AvgIpc) is 2.29. The van der Waals surface area contributed by atoms with Crippen molar-refractivity contribution in [2.24, 2.45) is 5.90 Å². The number of nitrogens with one attached hydrogen (secondary N) is 1. The van der Waals surface area contributed by atoms with Gasteiger partial charge in [-0.1, -0.05) is 12.1 Å². The summed E-state index contributed by atoms with van der Waals surface area (Å²) in [5.74, 6) is 5.30. The quantitative estimate of drug-likeness (QED) is 0.831. The van der Waals surface area contributed by atoms with Gasteiger partial charge in [-0.3, -0.25) is 10.2 Å². The Bertz CT molecular complexity index is 490. The first-order chi connectivity index (χ1) is 9.05. The van der Waals surface area contributed by atoms with Crippen molar-refractivity contribution in [1.29, 1.82) is 0 Å². The fourth-order valence-corrected chi connectivity index (χ4v) is 1.61. The largest absolute Gasteiger partial charge is 0.444 e. The number of carbonyl (C=O) groups excluding carboxylic acids is 1. The summed E-state index contributed by atoms with van der Waals surface area (Å²) in [7, 11) is 0. The van der Waals surface area contributed by atoms with Crippen LogP contribution in [0.15, 0.2) is 18.2 Å². The van der Waals surface area contributed by atoms with Gasteiger partial charge < -0.3 is 4.74 Å². The zero-order chi connectivity index (χ0) is 15.6. The monoisotopic (exact) mass is 280 g/mol. The lowest BCUT2D eigenvalue weighted by Gasteiger charge is -2.24. The minimum Gasteiger partial charge on any atom is -0.444 e. The van der Waals surface area contributed by atoms with Crippen molar-refractivity contribution in [3.05, 3.63) is 29.3 Å². The highest BCUT2D eigenvalue weighted by Gasteiger charge is 2.22. The summed E-state index contributed by atoms with van der Waals surface area (Å²) >= 11 is 0. The van der Waals surface area contributed by atoms with Crippen molar-refractivity contribution in [3.8, 4) is 0 Å². The van der Waals surface area contributed by atoms with Gasteiger partial charge in [-0.15, -0.1) is 0 Å². The Labute approximate surface area is 120 Å². The molecule has 1 rings (SSSR count). The maximum absolute atomic E-state index is 11.8. The summed E-state index contributed by atoms with van der Waals surface area (Å²) in [5.41, 5.74) is 1.33. The summed E-state index contributed by atoms with van der Waals surface area (Å²) in [6, 6.07) is 5.66. The number of anilines is 1. The van der Waals surface area contributed by atoms with Crippen molar-refractivity contribution in [2.45, 2.75) is 52.7 Å². The topological polar surface area (TPSA) is 73.6 Å². The molecule has 0 radical (unpaired) electrons. The molecule has 1 aromatic rings. The molecule has 5 heteroatoms. The SMILES string of the molecule is Cc1ccc(C(C)(C)ON)cc1NC(=O)OC(C)(C)C. The number of aryl methyl sites for hydroxylation is 1. The predicted molar refractivity (Wildman–Crippen MR) is 79.3 cm³/mol. The minimum atomic E-state index is -0.627. The zero-order valence-corrected chi connectivity index (χ0v) is 13.0. The predicted octanol–water partition coefficient (Wildman–Crippen LogP) is 3.47. The molecule has 0 aliphatic heterocycles. The molecule has 0 atom stereocenters. The number of rotatable bonds is 3. The van der Waals surface area contributed by atoms with E-state index in [1.807, 2.05) is 59.7 Å². The van der Waals surface area contributed by atoms with Crippen LogP contribution in [0.4, 0.5) is 10.5 Å². The van der Waals surface area contributed by atoms with Crippen molar-refractivity contribution in [3.63, 3.8) is 0 Å². The molecule has 0 saturated heterocycles. The highest BCUT2D eigenvalue weighted by Crippen LogP contribution is 2.27. The van der Waals surface area contributed by atoms with Crippen LogP contribution >= 0.6 is 0 Å². The molecule has 1 amide bonds. The van der Waals surface area contributed by atoms with E-state index in [2.05, 4.69) is 5.32 Å². The maximum atomic E-state index is 11.8. The Morgan fingerprint density at radius 3 is 2.30 bits per heavy atom. The van der Waals surface area contributed by atoms with Gasteiger partial charge in [-0.05, 0) is 58.7 Å². The van der Waals surface area contributed by atoms with Crippen LogP contribution in [0.5, 0.6) is 0 Å².